The van der Waals surface area contributed by atoms with E-state index in [2.05, 4.69) is 42.6 Å². The van der Waals surface area contributed by atoms with Crippen LogP contribution in [0.5, 0.6) is 5.75 Å². The van der Waals surface area contributed by atoms with Crippen molar-refractivity contribution >= 4 is 11.6 Å². The molecule has 0 aromatic heterocycles. The predicted molar refractivity (Wildman–Crippen MR) is 87.8 cm³/mol. The number of unbranched alkanes of at least 4 members (excludes halogenated alkanes) is 1. The highest BCUT2D eigenvalue weighted by Gasteiger charge is 2.06. The van der Waals surface area contributed by atoms with Crippen LogP contribution in [-0.2, 0) is 0 Å². The SMILES string of the molecule is C[C@H]([NH2+]CCCCOc1ccc(Cl)cc1)c1ccccc1. The highest BCUT2D eigenvalue weighted by molar-refractivity contribution is 6.30. The molecular weight excluding hydrogens is 282 g/mol. The summed E-state index contributed by atoms with van der Waals surface area (Å²) < 4.78 is 5.68. The van der Waals surface area contributed by atoms with Gasteiger partial charge in [0.2, 0.25) is 0 Å². The van der Waals surface area contributed by atoms with Crippen LogP contribution < -0.4 is 10.1 Å². The zero-order chi connectivity index (χ0) is 14.9. The van der Waals surface area contributed by atoms with Crippen LogP contribution in [0, 0.1) is 0 Å². The van der Waals surface area contributed by atoms with E-state index in [-0.39, 0.29) is 0 Å². The normalized spacial score (nSPS) is 12.1. The first kappa shape index (κ1) is 15.9. The molecule has 2 N–H and O–H groups in total. The number of rotatable bonds is 8. The molecule has 2 rings (SSSR count). The van der Waals surface area contributed by atoms with E-state index in [0.717, 1.165) is 36.8 Å². The minimum absolute atomic E-state index is 0.517. The summed E-state index contributed by atoms with van der Waals surface area (Å²) in [5, 5.41) is 3.13. The van der Waals surface area contributed by atoms with Crippen molar-refractivity contribution < 1.29 is 10.1 Å². The summed E-state index contributed by atoms with van der Waals surface area (Å²) in [6, 6.07) is 18.7. The van der Waals surface area contributed by atoms with Crippen LogP contribution in [-0.4, -0.2) is 13.2 Å². The van der Waals surface area contributed by atoms with Crippen LogP contribution >= 0.6 is 11.6 Å². The molecule has 112 valence electrons. The summed E-state index contributed by atoms with van der Waals surface area (Å²) >= 11 is 5.83. The van der Waals surface area contributed by atoms with Gasteiger partial charge in [-0.05, 0) is 44.0 Å². The average molecular weight is 305 g/mol. The van der Waals surface area contributed by atoms with Gasteiger partial charge in [-0.3, -0.25) is 0 Å². The first-order valence-corrected chi connectivity index (χ1v) is 7.90. The summed E-state index contributed by atoms with van der Waals surface area (Å²) in [7, 11) is 0. The Morgan fingerprint density at radius 1 is 1.00 bits per heavy atom. The average Bonchev–Trinajstić information content (AvgIpc) is 2.53. The zero-order valence-electron chi connectivity index (χ0n) is 12.5. The highest BCUT2D eigenvalue weighted by atomic mass is 35.5. The lowest BCUT2D eigenvalue weighted by atomic mass is 10.1. The Labute approximate surface area is 132 Å². The summed E-state index contributed by atoms with van der Waals surface area (Å²) in [6.45, 7) is 4.13. The van der Waals surface area contributed by atoms with Gasteiger partial charge in [0, 0.05) is 10.6 Å². The molecule has 1 atom stereocenters. The van der Waals surface area contributed by atoms with Crippen molar-refractivity contribution in [1.82, 2.24) is 0 Å². The van der Waals surface area contributed by atoms with E-state index >= 15 is 0 Å². The molecule has 2 aromatic rings. The minimum Gasteiger partial charge on any atom is -0.494 e. The molecule has 0 spiro atoms. The number of benzene rings is 2. The van der Waals surface area contributed by atoms with Crippen molar-refractivity contribution in [2.45, 2.75) is 25.8 Å². The molecule has 2 nitrogen and oxygen atoms in total. The second-order valence-corrected chi connectivity index (χ2v) is 5.67. The fourth-order valence-corrected chi connectivity index (χ4v) is 2.35. The Kier molecular flexibility index (Phi) is 6.58. The number of halogens is 1. The Morgan fingerprint density at radius 3 is 2.43 bits per heavy atom. The number of ether oxygens (including phenoxy) is 1. The number of hydrogen-bond acceptors (Lipinski definition) is 1. The first-order valence-electron chi connectivity index (χ1n) is 7.52. The fraction of sp³-hybridized carbons (Fsp3) is 0.333. The van der Waals surface area contributed by atoms with E-state index in [4.69, 9.17) is 16.3 Å². The lowest BCUT2D eigenvalue weighted by Gasteiger charge is -2.11. The first-order chi connectivity index (χ1) is 10.3. The maximum Gasteiger partial charge on any atom is 0.119 e. The van der Waals surface area contributed by atoms with Crippen LogP contribution in [0.25, 0.3) is 0 Å². The minimum atomic E-state index is 0.517. The smallest absolute Gasteiger partial charge is 0.119 e. The van der Waals surface area contributed by atoms with Gasteiger partial charge >= 0.3 is 0 Å². The molecule has 0 heterocycles. The molecule has 0 fully saturated rings. The quantitative estimate of drug-likeness (QED) is 0.737. The number of nitrogens with two attached hydrogens (primary N) is 1. The van der Waals surface area contributed by atoms with Gasteiger partial charge in [-0.25, -0.2) is 0 Å². The van der Waals surface area contributed by atoms with Gasteiger partial charge in [-0.1, -0.05) is 41.9 Å². The molecule has 2 aromatic carbocycles. The van der Waals surface area contributed by atoms with E-state index < -0.39 is 0 Å². The lowest BCUT2D eigenvalue weighted by molar-refractivity contribution is -0.693. The van der Waals surface area contributed by atoms with Crippen molar-refractivity contribution in [1.29, 1.82) is 0 Å². The summed E-state index contributed by atoms with van der Waals surface area (Å²) in [5.74, 6) is 0.890. The molecule has 3 heteroatoms. The topological polar surface area (TPSA) is 25.8 Å². The maximum absolute atomic E-state index is 5.83. The third-order valence-electron chi connectivity index (χ3n) is 3.53. The third kappa shape index (κ3) is 5.78. The Bertz CT molecular complexity index is 513. The summed E-state index contributed by atoms with van der Waals surface area (Å²) in [6.07, 6.45) is 2.23. The molecule has 21 heavy (non-hydrogen) atoms. The van der Waals surface area contributed by atoms with Gasteiger partial charge in [-0.15, -0.1) is 0 Å². The van der Waals surface area contributed by atoms with Gasteiger partial charge in [0.15, 0.2) is 0 Å². The molecule has 0 radical (unpaired) electrons. The van der Waals surface area contributed by atoms with Gasteiger partial charge in [0.1, 0.15) is 11.8 Å². The predicted octanol–water partition coefficient (Wildman–Crippen LogP) is 3.82. The van der Waals surface area contributed by atoms with Crippen LogP contribution in [0.4, 0.5) is 0 Å². The van der Waals surface area contributed by atoms with E-state index in [1.807, 2.05) is 24.3 Å². The molecule has 0 saturated heterocycles. The van der Waals surface area contributed by atoms with Crippen LogP contribution in [0.2, 0.25) is 5.02 Å². The fourth-order valence-electron chi connectivity index (χ4n) is 2.23. The molecule has 0 aliphatic heterocycles. The summed E-state index contributed by atoms with van der Waals surface area (Å²) in [5.41, 5.74) is 1.38. The highest BCUT2D eigenvalue weighted by Crippen LogP contribution is 2.15. The monoisotopic (exact) mass is 304 g/mol. The molecule has 0 aliphatic rings. The van der Waals surface area contributed by atoms with Crippen LogP contribution in [0.3, 0.4) is 0 Å². The Balaban J connectivity index is 1.57. The zero-order valence-corrected chi connectivity index (χ0v) is 13.2. The van der Waals surface area contributed by atoms with Crippen LogP contribution in [0.1, 0.15) is 31.4 Å². The van der Waals surface area contributed by atoms with Crippen LogP contribution in [0.15, 0.2) is 54.6 Å². The molecule has 0 unspecified atom stereocenters. The molecular formula is C18H23ClNO+. The van der Waals surface area contributed by atoms with Gasteiger partial charge in [0.25, 0.3) is 0 Å². The Hall–Kier alpha value is -1.51. The summed E-state index contributed by atoms with van der Waals surface area (Å²) in [4.78, 5) is 0. The lowest BCUT2D eigenvalue weighted by Crippen LogP contribution is -2.84. The van der Waals surface area contributed by atoms with Gasteiger partial charge in [-0.2, -0.15) is 0 Å². The van der Waals surface area contributed by atoms with Crippen molar-refractivity contribution in [3.05, 3.63) is 65.2 Å². The van der Waals surface area contributed by atoms with Crippen molar-refractivity contribution in [3.8, 4) is 5.75 Å². The largest absolute Gasteiger partial charge is 0.494 e. The number of quaternary nitrogens is 1. The second-order valence-electron chi connectivity index (χ2n) is 5.23. The number of hydrogen-bond donors (Lipinski definition) is 1. The third-order valence-corrected chi connectivity index (χ3v) is 3.78. The molecule has 0 aliphatic carbocycles. The van der Waals surface area contributed by atoms with Gasteiger partial charge in [0.05, 0.1) is 13.2 Å². The second kappa shape index (κ2) is 8.71. The van der Waals surface area contributed by atoms with E-state index in [1.54, 1.807) is 0 Å². The van der Waals surface area contributed by atoms with E-state index in [1.165, 1.54) is 5.56 Å². The van der Waals surface area contributed by atoms with Crippen molar-refractivity contribution in [2.75, 3.05) is 13.2 Å². The Morgan fingerprint density at radius 2 is 1.71 bits per heavy atom. The van der Waals surface area contributed by atoms with E-state index in [9.17, 15) is 0 Å². The van der Waals surface area contributed by atoms with Crippen molar-refractivity contribution in [3.63, 3.8) is 0 Å². The van der Waals surface area contributed by atoms with Gasteiger partial charge < -0.3 is 10.1 Å². The maximum atomic E-state index is 5.83. The van der Waals surface area contributed by atoms with Crippen molar-refractivity contribution in [2.24, 2.45) is 0 Å². The standard InChI is InChI=1S/C18H22ClNO/c1-15(16-7-3-2-4-8-16)20-13-5-6-14-21-18-11-9-17(19)10-12-18/h2-4,7-12,15,20H,5-6,13-14H2,1H3/p+1/t15-/m0/s1. The molecule has 0 saturated carbocycles. The molecule has 0 bridgehead atoms. The van der Waals surface area contributed by atoms with E-state index in [0.29, 0.717) is 6.04 Å². The molecule has 0 amide bonds.